The molecule has 0 unspecified atom stereocenters. The summed E-state index contributed by atoms with van der Waals surface area (Å²) in [6.07, 6.45) is 1.79. The van der Waals surface area contributed by atoms with Gasteiger partial charge in [-0.1, -0.05) is 41.2 Å². The lowest BCUT2D eigenvalue weighted by atomic mass is 10.0. The number of nitrogens with zero attached hydrogens (tertiary/aromatic N) is 2. The SMILES string of the molecule is Cc1cccc(CN2CCC(NC(=O)c3ccc([N+](=O)[O-])s3)CC2)c1. The van der Waals surface area contributed by atoms with E-state index in [1.165, 1.54) is 23.3 Å². The number of hydrogen-bond donors (Lipinski definition) is 1. The Bertz CT molecular complexity index is 766. The van der Waals surface area contributed by atoms with E-state index in [0.29, 0.717) is 4.88 Å². The summed E-state index contributed by atoms with van der Waals surface area (Å²) in [7, 11) is 0. The first-order chi connectivity index (χ1) is 12.0. The van der Waals surface area contributed by atoms with Gasteiger partial charge in [0.1, 0.15) is 0 Å². The molecule has 0 saturated carbocycles. The second-order valence-electron chi connectivity index (χ2n) is 6.41. The van der Waals surface area contributed by atoms with Crippen molar-refractivity contribution in [2.75, 3.05) is 13.1 Å². The third kappa shape index (κ3) is 4.64. The van der Waals surface area contributed by atoms with E-state index >= 15 is 0 Å². The van der Waals surface area contributed by atoms with Crippen LogP contribution in [-0.4, -0.2) is 34.9 Å². The highest BCUT2D eigenvalue weighted by Gasteiger charge is 2.23. The molecule has 1 aromatic carbocycles. The molecule has 2 heterocycles. The Morgan fingerprint density at radius 1 is 1.32 bits per heavy atom. The molecule has 132 valence electrons. The Labute approximate surface area is 150 Å². The van der Waals surface area contributed by atoms with Crippen LogP contribution in [-0.2, 0) is 6.54 Å². The maximum absolute atomic E-state index is 12.2. The molecule has 0 radical (unpaired) electrons. The number of nitrogens with one attached hydrogen (secondary N) is 1. The van der Waals surface area contributed by atoms with Gasteiger partial charge < -0.3 is 5.32 Å². The minimum atomic E-state index is -0.467. The molecule has 0 atom stereocenters. The first kappa shape index (κ1) is 17.6. The Morgan fingerprint density at radius 3 is 2.72 bits per heavy atom. The van der Waals surface area contributed by atoms with Gasteiger partial charge in [0, 0.05) is 31.7 Å². The lowest BCUT2D eigenvalue weighted by Gasteiger charge is -2.32. The lowest BCUT2D eigenvalue weighted by molar-refractivity contribution is -0.380. The van der Waals surface area contributed by atoms with Gasteiger partial charge in [0.05, 0.1) is 9.80 Å². The van der Waals surface area contributed by atoms with E-state index in [0.717, 1.165) is 43.8 Å². The smallest absolute Gasteiger partial charge is 0.324 e. The number of aryl methyl sites for hydroxylation is 1. The second kappa shape index (κ2) is 7.76. The van der Waals surface area contributed by atoms with E-state index in [1.54, 1.807) is 0 Å². The second-order valence-corrected chi connectivity index (χ2v) is 7.47. The van der Waals surface area contributed by atoms with Gasteiger partial charge in [0.15, 0.2) is 0 Å². The summed E-state index contributed by atoms with van der Waals surface area (Å²) in [5.74, 6) is -0.213. The molecule has 0 spiro atoms. The average molecular weight is 359 g/mol. The van der Waals surface area contributed by atoms with Crippen LogP contribution in [0.5, 0.6) is 0 Å². The molecule has 25 heavy (non-hydrogen) atoms. The van der Waals surface area contributed by atoms with Crippen LogP contribution in [0.1, 0.15) is 33.6 Å². The molecule has 2 aromatic rings. The Balaban J connectivity index is 1.48. The van der Waals surface area contributed by atoms with Crippen molar-refractivity contribution < 1.29 is 9.72 Å². The van der Waals surface area contributed by atoms with Crippen LogP contribution in [0.25, 0.3) is 0 Å². The summed E-state index contributed by atoms with van der Waals surface area (Å²) in [5.41, 5.74) is 2.58. The van der Waals surface area contributed by atoms with E-state index in [-0.39, 0.29) is 17.0 Å². The molecule has 3 rings (SSSR count). The fourth-order valence-electron chi connectivity index (χ4n) is 3.11. The first-order valence-corrected chi connectivity index (χ1v) is 9.16. The maximum Gasteiger partial charge on any atom is 0.324 e. The summed E-state index contributed by atoms with van der Waals surface area (Å²) in [6, 6.07) is 11.6. The number of benzene rings is 1. The predicted octanol–water partition coefficient (Wildman–Crippen LogP) is 3.36. The van der Waals surface area contributed by atoms with Crippen LogP contribution in [0.3, 0.4) is 0 Å². The highest BCUT2D eigenvalue weighted by Crippen LogP contribution is 2.24. The molecule has 1 amide bonds. The summed E-state index contributed by atoms with van der Waals surface area (Å²) in [4.78, 5) is 25.3. The van der Waals surface area contributed by atoms with E-state index in [9.17, 15) is 14.9 Å². The van der Waals surface area contributed by atoms with Crippen LogP contribution in [0.15, 0.2) is 36.4 Å². The zero-order valence-electron chi connectivity index (χ0n) is 14.1. The fourth-order valence-corrected chi connectivity index (χ4v) is 3.83. The van der Waals surface area contributed by atoms with Crippen LogP contribution in [0.4, 0.5) is 5.00 Å². The van der Waals surface area contributed by atoms with Crippen LogP contribution in [0, 0.1) is 17.0 Å². The standard InChI is InChI=1S/C18H21N3O3S/c1-13-3-2-4-14(11-13)12-20-9-7-15(8-10-20)19-18(22)16-5-6-17(25-16)21(23)24/h2-6,11,15H,7-10,12H2,1H3,(H,19,22). The molecule has 7 heteroatoms. The molecule has 1 saturated heterocycles. The third-order valence-corrected chi connectivity index (χ3v) is 5.44. The molecular weight excluding hydrogens is 338 g/mol. The van der Waals surface area contributed by atoms with Gasteiger partial charge in [-0.2, -0.15) is 0 Å². The molecule has 0 bridgehead atoms. The van der Waals surface area contributed by atoms with Crippen molar-refractivity contribution in [3.63, 3.8) is 0 Å². The summed E-state index contributed by atoms with van der Waals surface area (Å²) in [5, 5.41) is 13.7. The lowest BCUT2D eigenvalue weighted by Crippen LogP contribution is -2.44. The van der Waals surface area contributed by atoms with Crippen molar-refractivity contribution in [1.29, 1.82) is 0 Å². The monoisotopic (exact) mass is 359 g/mol. The first-order valence-electron chi connectivity index (χ1n) is 8.34. The maximum atomic E-state index is 12.2. The molecule has 1 aliphatic rings. The van der Waals surface area contributed by atoms with Crippen LogP contribution < -0.4 is 5.32 Å². The van der Waals surface area contributed by atoms with Gasteiger partial charge >= 0.3 is 5.00 Å². The number of piperidine rings is 1. The van der Waals surface area contributed by atoms with Crippen LogP contribution in [0.2, 0.25) is 0 Å². The van der Waals surface area contributed by atoms with Gasteiger partial charge in [-0.15, -0.1) is 0 Å². The molecule has 1 aliphatic heterocycles. The minimum absolute atomic E-state index is 0.00174. The van der Waals surface area contributed by atoms with Crippen molar-refractivity contribution in [3.05, 3.63) is 62.5 Å². The van der Waals surface area contributed by atoms with Crippen LogP contribution >= 0.6 is 11.3 Å². The largest absolute Gasteiger partial charge is 0.349 e. The number of rotatable bonds is 5. The molecule has 0 aliphatic carbocycles. The fraction of sp³-hybridized carbons (Fsp3) is 0.389. The number of amides is 1. The van der Waals surface area contributed by atoms with E-state index in [1.807, 2.05) is 0 Å². The Kier molecular flexibility index (Phi) is 5.45. The zero-order chi connectivity index (χ0) is 17.8. The summed E-state index contributed by atoms with van der Waals surface area (Å²) >= 11 is 0.920. The molecular formula is C18H21N3O3S. The number of hydrogen-bond acceptors (Lipinski definition) is 5. The normalized spacial score (nSPS) is 15.9. The number of carbonyl (C=O) groups excluding carboxylic acids is 1. The Morgan fingerprint density at radius 2 is 2.08 bits per heavy atom. The molecule has 1 aromatic heterocycles. The van der Waals surface area contributed by atoms with Crippen molar-refractivity contribution in [2.45, 2.75) is 32.4 Å². The van der Waals surface area contributed by atoms with Gasteiger partial charge in [-0.05, 0) is 31.4 Å². The third-order valence-electron chi connectivity index (χ3n) is 4.41. The van der Waals surface area contributed by atoms with Crippen molar-refractivity contribution in [2.24, 2.45) is 0 Å². The summed E-state index contributed by atoms with van der Waals surface area (Å²) in [6.45, 7) is 4.90. The summed E-state index contributed by atoms with van der Waals surface area (Å²) < 4.78 is 0. The predicted molar refractivity (Wildman–Crippen MR) is 97.9 cm³/mol. The minimum Gasteiger partial charge on any atom is -0.349 e. The van der Waals surface area contributed by atoms with Gasteiger partial charge in [-0.3, -0.25) is 19.8 Å². The number of carbonyl (C=O) groups is 1. The van der Waals surface area contributed by atoms with Gasteiger partial charge in [0.25, 0.3) is 5.91 Å². The highest BCUT2D eigenvalue weighted by molar-refractivity contribution is 7.17. The number of nitro groups is 1. The van der Waals surface area contributed by atoms with E-state index < -0.39 is 4.92 Å². The zero-order valence-corrected chi connectivity index (χ0v) is 14.9. The number of likely N-dealkylation sites (tertiary alicyclic amines) is 1. The van der Waals surface area contributed by atoms with Gasteiger partial charge in [-0.25, -0.2) is 0 Å². The van der Waals surface area contributed by atoms with Crippen molar-refractivity contribution in [3.8, 4) is 0 Å². The highest BCUT2D eigenvalue weighted by atomic mass is 32.1. The van der Waals surface area contributed by atoms with E-state index in [2.05, 4.69) is 41.4 Å². The Hall–Kier alpha value is -2.25. The number of thiophene rings is 1. The van der Waals surface area contributed by atoms with Crippen molar-refractivity contribution in [1.82, 2.24) is 10.2 Å². The molecule has 1 N–H and O–H groups in total. The molecule has 1 fully saturated rings. The topological polar surface area (TPSA) is 75.5 Å². The van der Waals surface area contributed by atoms with E-state index in [4.69, 9.17) is 0 Å². The molecule has 6 nitrogen and oxygen atoms in total. The van der Waals surface area contributed by atoms with Crippen molar-refractivity contribution >= 4 is 22.2 Å². The quantitative estimate of drug-likeness (QED) is 0.656. The average Bonchev–Trinajstić information content (AvgIpc) is 3.07. The van der Waals surface area contributed by atoms with Gasteiger partial charge in [0.2, 0.25) is 0 Å².